The van der Waals surface area contributed by atoms with Gasteiger partial charge in [0.15, 0.2) is 0 Å². The van der Waals surface area contributed by atoms with Crippen molar-refractivity contribution in [2.24, 2.45) is 5.92 Å². The fraction of sp³-hybridized carbons (Fsp3) is 1.00. The van der Waals surface area contributed by atoms with Crippen molar-refractivity contribution in [1.29, 1.82) is 0 Å². The van der Waals surface area contributed by atoms with Crippen LogP contribution in [0, 0.1) is 5.92 Å². The molecule has 3 heteroatoms. The van der Waals surface area contributed by atoms with Gasteiger partial charge in [-0.3, -0.25) is 0 Å². The summed E-state index contributed by atoms with van der Waals surface area (Å²) in [5.74, 6) is 0.943. The summed E-state index contributed by atoms with van der Waals surface area (Å²) >= 11 is 0. The molecule has 0 aromatic carbocycles. The molecule has 1 N–H and O–H groups in total. The van der Waals surface area contributed by atoms with Gasteiger partial charge in [-0.25, -0.2) is 0 Å². The molecule has 2 unspecified atom stereocenters. The third-order valence-corrected chi connectivity index (χ3v) is 4.55. The molecule has 0 amide bonds. The normalized spacial score (nSPS) is 40.9. The minimum Gasteiger partial charge on any atom is -0.378 e. The summed E-state index contributed by atoms with van der Waals surface area (Å²) < 4.78 is 11.8. The van der Waals surface area contributed by atoms with Crippen LogP contribution in [0.15, 0.2) is 0 Å². The van der Waals surface area contributed by atoms with Crippen LogP contribution in [0.2, 0.25) is 0 Å². The second-order valence-electron chi connectivity index (χ2n) is 5.61. The number of ether oxygens (including phenoxy) is 2. The zero-order valence-corrected chi connectivity index (χ0v) is 10.0. The van der Waals surface area contributed by atoms with E-state index in [4.69, 9.17) is 9.47 Å². The van der Waals surface area contributed by atoms with Gasteiger partial charge in [0.25, 0.3) is 0 Å². The zero-order chi connectivity index (χ0) is 10.8. The molecule has 0 aromatic rings. The third kappa shape index (κ3) is 2.01. The Morgan fingerprint density at radius 1 is 1.19 bits per heavy atom. The molecule has 1 saturated carbocycles. The van der Waals surface area contributed by atoms with E-state index in [9.17, 15) is 0 Å². The molecule has 16 heavy (non-hydrogen) atoms. The van der Waals surface area contributed by atoms with E-state index in [0.717, 1.165) is 38.7 Å². The van der Waals surface area contributed by atoms with Crippen molar-refractivity contribution in [3.05, 3.63) is 0 Å². The summed E-state index contributed by atoms with van der Waals surface area (Å²) in [4.78, 5) is 0. The van der Waals surface area contributed by atoms with Gasteiger partial charge in [-0.05, 0) is 25.2 Å². The Kier molecular flexibility index (Phi) is 3.18. The minimum absolute atomic E-state index is 0.00604. The first kappa shape index (κ1) is 11.0. The van der Waals surface area contributed by atoms with Crippen LogP contribution in [-0.2, 0) is 9.47 Å². The van der Waals surface area contributed by atoms with Crippen molar-refractivity contribution in [2.45, 2.75) is 50.2 Å². The summed E-state index contributed by atoms with van der Waals surface area (Å²) in [5, 5.41) is 3.67. The first-order chi connectivity index (χ1) is 7.89. The highest BCUT2D eigenvalue weighted by atomic mass is 16.5. The van der Waals surface area contributed by atoms with Crippen LogP contribution in [0.25, 0.3) is 0 Å². The predicted molar refractivity (Wildman–Crippen MR) is 62.5 cm³/mol. The lowest BCUT2D eigenvalue weighted by Gasteiger charge is -2.48. The zero-order valence-electron chi connectivity index (χ0n) is 10.0. The average molecular weight is 225 g/mol. The lowest BCUT2D eigenvalue weighted by molar-refractivity contribution is -0.167. The minimum atomic E-state index is 0.00604. The summed E-state index contributed by atoms with van der Waals surface area (Å²) in [6.07, 6.45) is 7.91. The van der Waals surface area contributed by atoms with Gasteiger partial charge in [0, 0.05) is 19.2 Å². The molecule has 3 rings (SSSR count). The largest absolute Gasteiger partial charge is 0.378 e. The van der Waals surface area contributed by atoms with Crippen molar-refractivity contribution >= 4 is 0 Å². The Hall–Kier alpha value is -0.120. The molecular formula is C13H23NO2. The van der Waals surface area contributed by atoms with Crippen LogP contribution in [0.1, 0.15) is 38.5 Å². The maximum absolute atomic E-state index is 6.10. The first-order valence-electron chi connectivity index (χ1n) is 6.84. The van der Waals surface area contributed by atoms with E-state index in [1.54, 1.807) is 0 Å². The Bertz CT molecular complexity index is 226. The smallest absolute Gasteiger partial charge is 0.107 e. The van der Waals surface area contributed by atoms with Gasteiger partial charge in [-0.2, -0.15) is 0 Å². The average Bonchev–Trinajstić information content (AvgIpc) is 2.27. The lowest BCUT2D eigenvalue weighted by atomic mass is 9.75. The standard InChI is InChI=1S/C13H23NO2/c1-3-11(4-1)9-12-13(16-8-6-14-12)5-2-7-15-10-13/h11-12,14H,1-10H2. The Balaban J connectivity index is 1.66. The number of hydrogen-bond acceptors (Lipinski definition) is 3. The maximum Gasteiger partial charge on any atom is 0.107 e. The van der Waals surface area contributed by atoms with Crippen LogP contribution < -0.4 is 5.32 Å². The predicted octanol–water partition coefficient (Wildman–Crippen LogP) is 1.71. The monoisotopic (exact) mass is 225 g/mol. The van der Waals surface area contributed by atoms with Gasteiger partial charge in [-0.1, -0.05) is 19.3 Å². The molecule has 1 aliphatic carbocycles. The van der Waals surface area contributed by atoms with E-state index in [-0.39, 0.29) is 5.60 Å². The summed E-state index contributed by atoms with van der Waals surface area (Å²) in [6.45, 7) is 3.59. The lowest BCUT2D eigenvalue weighted by Crippen LogP contribution is -2.62. The topological polar surface area (TPSA) is 30.5 Å². The summed E-state index contributed by atoms with van der Waals surface area (Å²) in [6, 6.07) is 0.534. The van der Waals surface area contributed by atoms with E-state index in [1.165, 1.54) is 32.1 Å². The van der Waals surface area contributed by atoms with Gasteiger partial charge in [0.05, 0.1) is 13.2 Å². The molecule has 2 heterocycles. The summed E-state index contributed by atoms with van der Waals surface area (Å²) in [5.41, 5.74) is 0.00604. The fourth-order valence-electron chi connectivity index (χ4n) is 3.31. The van der Waals surface area contributed by atoms with Crippen LogP contribution in [0.3, 0.4) is 0 Å². The third-order valence-electron chi connectivity index (χ3n) is 4.55. The molecule has 2 saturated heterocycles. The first-order valence-corrected chi connectivity index (χ1v) is 6.84. The molecule has 3 aliphatic rings. The van der Waals surface area contributed by atoms with E-state index >= 15 is 0 Å². The summed E-state index contributed by atoms with van der Waals surface area (Å²) in [7, 11) is 0. The highest BCUT2D eigenvalue weighted by molar-refractivity contribution is 4.99. The van der Waals surface area contributed by atoms with E-state index in [2.05, 4.69) is 5.32 Å². The van der Waals surface area contributed by atoms with Crippen molar-refractivity contribution in [3.63, 3.8) is 0 Å². The molecule has 2 aliphatic heterocycles. The van der Waals surface area contributed by atoms with Crippen LogP contribution >= 0.6 is 0 Å². The van der Waals surface area contributed by atoms with E-state index < -0.39 is 0 Å². The van der Waals surface area contributed by atoms with Crippen molar-refractivity contribution in [3.8, 4) is 0 Å². The van der Waals surface area contributed by atoms with Gasteiger partial charge in [0.1, 0.15) is 5.60 Å². The van der Waals surface area contributed by atoms with Crippen molar-refractivity contribution in [2.75, 3.05) is 26.4 Å². The second kappa shape index (κ2) is 4.63. The second-order valence-corrected chi connectivity index (χ2v) is 5.61. The molecule has 0 aromatic heterocycles. The molecule has 2 atom stereocenters. The molecule has 3 nitrogen and oxygen atoms in total. The molecular weight excluding hydrogens is 202 g/mol. The van der Waals surface area contributed by atoms with Gasteiger partial charge in [0.2, 0.25) is 0 Å². The van der Waals surface area contributed by atoms with Gasteiger partial charge < -0.3 is 14.8 Å². The number of nitrogens with one attached hydrogen (secondary N) is 1. The van der Waals surface area contributed by atoms with E-state index in [1.807, 2.05) is 0 Å². The highest BCUT2D eigenvalue weighted by Gasteiger charge is 2.44. The van der Waals surface area contributed by atoms with Gasteiger partial charge >= 0.3 is 0 Å². The van der Waals surface area contributed by atoms with Gasteiger partial charge in [-0.15, -0.1) is 0 Å². The Morgan fingerprint density at radius 3 is 2.81 bits per heavy atom. The number of rotatable bonds is 2. The molecule has 0 radical (unpaired) electrons. The van der Waals surface area contributed by atoms with Crippen LogP contribution in [0.4, 0.5) is 0 Å². The van der Waals surface area contributed by atoms with Crippen molar-refractivity contribution in [1.82, 2.24) is 5.32 Å². The number of hydrogen-bond donors (Lipinski definition) is 1. The van der Waals surface area contributed by atoms with Crippen LogP contribution in [0.5, 0.6) is 0 Å². The maximum atomic E-state index is 6.10. The quantitative estimate of drug-likeness (QED) is 0.776. The SMILES string of the molecule is C1CC(CC2NCCOC23CCCOC3)C1. The molecule has 0 bridgehead atoms. The van der Waals surface area contributed by atoms with E-state index in [0.29, 0.717) is 6.04 Å². The highest BCUT2D eigenvalue weighted by Crippen LogP contribution is 2.37. The van der Waals surface area contributed by atoms with Crippen LogP contribution in [-0.4, -0.2) is 38.0 Å². The Morgan fingerprint density at radius 2 is 2.12 bits per heavy atom. The Labute approximate surface area is 97.9 Å². The number of morpholine rings is 1. The molecule has 3 fully saturated rings. The van der Waals surface area contributed by atoms with Crippen molar-refractivity contribution < 1.29 is 9.47 Å². The fourth-order valence-corrected chi connectivity index (χ4v) is 3.31. The molecule has 1 spiro atoms. The molecule has 92 valence electrons.